The van der Waals surface area contributed by atoms with E-state index >= 15 is 0 Å². The highest BCUT2D eigenvalue weighted by Gasteiger charge is 2.30. The summed E-state index contributed by atoms with van der Waals surface area (Å²) in [4.78, 5) is 12.5. The van der Waals surface area contributed by atoms with Crippen LogP contribution in [0.5, 0.6) is 5.75 Å². The molecule has 1 heterocycles. The quantitative estimate of drug-likeness (QED) is 0.233. The van der Waals surface area contributed by atoms with Gasteiger partial charge in [0.1, 0.15) is 11.4 Å². The molecule has 0 bridgehead atoms. The molecule has 1 aliphatic rings. The first kappa shape index (κ1) is 28.5. The van der Waals surface area contributed by atoms with Crippen molar-refractivity contribution in [2.45, 2.75) is 50.8 Å². The van der Waals surface area contributed by atoms with E-state index in [4.69, 9.17) is 10.5 Å². The highest BCUT2D eigenvalue weighted by atomic mass is 35.5. The second-order valence-corrected chi connectivity index (χ2v) is 9.69. The monoisotopic (exact) mass is 558 g/mol. The Kier molecular flexibility index (Phi) is 8.57. The van der Waals surface area contributed by atoms with Crippen molar-refractivity contribution in [3.05, 3.63) is 83.6 Å². The van der Waals surface area contributed by atoms with Gasteiger partial charge in [-0.3, -0.25) is 0 Å². The molecule has 3 aromatic carbocycles. The molecule has 0 radical (unpaired) electrons. The molecule has 5 nitrogen and oxygen atoms in total. The number of hydrogen-bond acceptors (Lipinski definition) is 3. The average Bonchev–Trinajstić information content (AvgIpc) is 3.53. The van der Waals surface area contributed by atoms with Crippen molar-refractivity contribution in [2.24, 2.45) is 5.73 Å². The van der Waals surface area contributed by atoms with Crippen molar-refractivity contribution in [3.8, 4) is 22.6 Å². The van der Waals surface area contributed by atoms with Crippen LogP contribution in [0.2, 0.25) is 0 Å². The topological polar surface area (TPSA) is 77.5 Å². The van der Waals surface area contributed by atoms with Gasteiger partial charge in [0, 0.05) is 11.1 Å². The molecule has 0 atom stereocenters. The minimum Gasteiger partial charge on any atom is -0.490 e. The molecule has 0 unspecified atom stereocenters. The third-order valence-electron chi connectivity index (χ3n) is 7.15. The Morgan fingerprint density at radius 2 is 1.62 bits per heavy atom. The Balaban J connectivity index is 0.00000353. The van der Waals surface area contributed by atoms with Crippen LogP contribution in [-0.2, 0) is 12.6 Å². The van der Waals surface area contributed by atoms with Crippen LogP contribution >= 0.6 is 12.4 Å². The number of carboxylic acid groups (broad SMARTS) is 1. The third-order valence-corrected chi connectivity index (χ3v) is 7.15. The Hall–Kier alpha value is -3.49. The molecule has 1 aliphatic carbocycles. The van der Waals surface area contributed by atoms with Crippen LogP contribution in [0.1, 0.15) is 53.7 Å². The van der Waals surface area contributed by atoms with Crippen molar-refractivity contribution in [2.75, 3.05) is 6.54 Å². The van der Waals surface area contributed by atoms with Crippen LogP contribution in [0, 0.1) is 0 Å². The summed E-state index contributed by atoms with van der Waals surface area (Å²) in [5.74, 6) is -0.308. The number of benzene rings is 3. The first-order valence-electron chi connectivity index (χ1n) is 12.8. The molecular weight excluding hydrogens is 529 g/mol. The van der Waals surface area contributed by atoms with Gasteiger partial charge in [0.15, 0.2) is 0 Å². The number of alkyl halides is 3. The van der Waals surface area contributed by atoms with Crippen LogP contribution < -0.4 is 10.5 Å². The number of nitrogens with two attached hydrogens (primary N) is 1. The van der Waals surface area contributed by atoms with Gasteiger partial charge < -0.3 is 20.1 Å². The van der Waals surface area contributed by atoms with Gasteiger partial charge in [0.05, 0.1) is 17.2 Å². The second-order valence-electron chi connectivity index (χ2n) is 9.69. The maximum atomic E-state index is 13.0. The first-order valence-corrected chi connectivity index (χ1v) is 12.8. The van der Waals surface area contributed by atoms with E-state index in [2.05, 4.69) is 0 Å². The van der Waals surface area contributed by atoms with Crippen molar-refractivity contribution in [1.82, 2.24) is 4.57 Å². The third kappa shape index (κ3) is 5.92. The van der Waals surface area contributed by atoms with E-state index in [1.54, 1.807) is 10.6 Å². The highest BCUT2D eigenvalue weighted by Crippen LogP contribution is 2.36. The molecule has 0 spiro atoms. The van der Waals surface area contributed by atoms with E-state index in [1.807, 2.05) is 36.4 Å². The molecule has 1 saturated carbocycles. The number of carboxylic acids is 1. The van der Waals surface area contributed by atoms with Crippen LogP contribution in [-0.4, -0.2) is 28.3 Å². The predicted molar refractivity (Wildman–Crippen MR) is 148 cm³/mol. The van der Waals surface area contributed by atoms with Crippen LogP contribution in [0.25, 0.3) is 27.7 Å². The zero-order valence-corrected chi connectivity index (χ0v) is 22.0. The van der Waals surface area contributed by atoms with E-state index in [0.717, 1.165) is 36.1 Å². The Bertz CT molecular complexity index is 1440. The number of rotatable bonds is 8. The fourth-order valence-corrected chi connectivity index (χ4v) is 5.28. The van der Waals surface area contributed by atoms with Crippen molar-refractivity contribution >= 4 is 29.3 Å². The Morgan fingerprint density at radius 1 is 0.974 bits per heavy atom. The van der Waals surface area contributed by atoms with Crippen molar-refractivity contribution in [1.29, 1.82) is 0 Å². The highest BCUT2D eigenvalue weighted by molar-refractivity contribution is 6.01. The Labute approximate surface area is 230 Å². The SMILES string of the molecule is Cl.NCCCc1c(C(=O)O)n(-c2ccc(OC3CCCC3)cc2)c2ccc(-c3ccc(C(F)(F)F)cc3)cc12. The standard InChI is InChI=1S/C30H29F3N2O3.ClH/c31-30(32,33)21-10-7-19(8-11-21)20-9-16-27-26(18-20)25(6-3-17-34)28(29(36)37)35(27)22-12-14-24(15-13-22)38-23-4-1-2-5-23;/h7-16,18,23H,1-6,17,34H2,(H,36,37);1H. The smallest absolute Gasteiger partial charge is 0.416 e. The summed E-state index contributed by atoms with van der Waals surface area (Å²) in [6.07, 6.45) is 1.27. The second kappa shape index (κ2) is 11.7. The molecule has 3 N–H and O–H groups in total. The summed E-state index contributed by atoms with van der Waals surface area (Å²) >= 11 is 0. The maximum Gasteiger partial charge on any atom is 0.416 e. The molecule has 1 aromatic heterocycles. The van der Waals surface area contributed by atoms with Gasteiger partial charge in [-0.1, -0.05) is 18.2 Å². The molecule has 5 rings (SSSR count). The largest absolute Gasteiger partial charge is 0.490 e. The summed E-state index contributed by atoms with van der Waals surface area (Å²) in [6.45, 7) is 0.400. The molecule has 0 amide bonds. The van der Waals surface area contributed by atoms with E-state index in [-0.39, 0.29) is 24.2 Å². The summed E-state index contributed by atoms with van der Waals surface area (Å²) in [6, 6.07) is 17.9. The number of fused-ring (bicyclic) bond motifs is 1. The van der Waals surface area contributed by atoms with Gasteiger partial charge in [-0.05, 0) is 110 Å². The average molecular weight is 559 g/mol. The lowest BCUT2D eigenvalue weighted by atomic mass is 9.99. The summed E-state index contributed by atoms with van der Waals surface area (Å²) in [5, 5.41) is 11.0. The number of nitrogens with zero attached hydrogens (tertiary/aromatic N) is 1. The van der Waals surface area contributed by atoms with Crippen LogP contribution in [0.15, 0.2) is 66.7 Å². The van der Waals surface area contributed by atoms with Gasteiger partial charge >= 0.3 is 12.1 Å². The lowest BCUT2D eigenvalue weighted by molar-refractivity contribution is -0.137. The van der Waals surface area contributed by atoms with E-state index in [9.17, 15) is 23.1 Å². The minimum absolute atomic E-state index is 0. The van der Waals surface area contributed by atoms with Crippen molar-refractivity contribution < 1.29 is 27.8 Å². The van der Waals surface area contributed by atoms with E-state index in [1.165, 1.54) is 25.0 Å². The maximum absolute atomic E-state index is 13.0. The van der Waals surface area contributed by atoms with E-state index in [0.29, 0.717) is 47.3 Å². The van der Waals surface area contributed by atoms with Gasteiger partial charge in [0.2, 0.25) is 0 Å². The number of ether oxygens (including phenoxy) is 1. The van der Waals surface area contributed by atoms with Crippen LogP contribution in [0.3, 0.4) is 0 Å². The summed E-state index contributed by atoms with van der Waals surface area (Å²) < 4.78 is 46.9. The molecule has 206 valence electrons. The zero-order chi connectivity index (χ0) is 26.9. The lowest BCUT2D eigenvalue weighted by Gasteiger charge is -2.14. The number of aromatic nitrogens is 1. The van der Waals surface area contributed by atoms with Gasteiger partial charge in [-0.15, -0.1) is 12.4 Å². The molecular formula is C30H30ClF3N2O3. The number of halogens is 4. The molecule has 0 saturated heterocycles. The van der Waals surface area contributed by atoms with Crippen molar-refractivity contribution in [3.63, 3.8) is 0 Å². The number of aromatic carboxylic acids is 1. The van der Waals surface area contributed by atoms with E-state index < -0.39 is 17.7 Å². The molecule has 0 aliphatic heterocycles. The fraction of sp³-hybridized carbons (Fsp3) is 0.300. The first-order chi connectivity index (χ1) is 18.3. The number of aryl methyl sites for hydroxylation is 1. The molecule has 9 heteroatoms. The summed E-state index contributed by atoms with van der Waals surface area (Å²) in [7, 11) is 0. The summed E-state index contributed by atoms with van der Waals surface area (Å²) in [5.41, 5.74) is 8.56. The Morgan fingerprint density at radius 3 is 2.21 bits per heavy atom. The zero-order valence-electron chi connectivity index (χ0n) is 21.2. The van der Waals surface area contributed by atoms with Gasteiger partial charge in [0.25, 0.3) is 0 Å². The number of carbonyl (C=O) groups is 1. The van der Waals surface area contributed by atoms with Gasteiger partial charge in [-0.25, -0.2) is 4.79 Å². The van der Waals surface area contributed by atoms with Gasteiger partial charge in [-0.2, -0.15) is 13.2 Å². The lowest BCUT2D eigenvalue weighted by Crippen LogP contribution is -2.11. The van der Waals surface area contributed by atoms with Crippen LogP contribution in [0.4, 0.5) is 13.2 Å². The normalized spacial score (nSPS) is 13.9. The fourth-order valence-electron chi connectivity index (χ4n) is 5.28. The molecule has 39 heavy (non-hydrogen) atoms. The number of hydrogen-bond donors (Lipinski definition) is 2. The predicted octanol–water partition coefficient (Wildman–Crippen LogP) is 7.65. The molecule has 1 fully saturated rings. The minimum atomic E-state index is -4.41. The molecule has 4 aromatic rings.